The van der Waals surface area contributed by atoms with Crippen LogP contribution in [0.15, 0.2) is 57.5 Å². The van der Waals surface area contributed by atoms with Crippen molar-refractivity contribution in [1.29, 1.82) is 0 Å². The van der Waals surface area contributed by atoms with Crippen molar-refractivity contribution in [3.05, 3.63) is 64.5 Å². The van der Waals surface area contributed by atoms with Crippen LogP contribution in [0.5, 0.6) is 0 Å². The highest BCUT2D eigenvalue weighted by molar-refractivity contribution is 9.10. The van der Waals surface area contributed by atoms with Crippen molar-refractivity contribution in [2.45, 2.75) is 12.5 Å². The Morgan fingerprint density at radius 3 is 2.90 bits per heavy atom. The molecule has 21 heavy (non-hydrogen) atoms. The molecule has 5 heteroatoms. The number of hydrogen-bond donors (Lipinski definition) is 1. The van der Waals surface area contributed by atoms with Gasteiger partial charge < -0.3 is 9.84 Å². The molecule has 0 radical (unpaired) electrons. The van der Waals surface area contributed by atoms with Gasteiger partial charge in [-0.05, 0) is 23.8 Å². The molecule has 104 valence electrons. The number of anilines is 1. The van der Waals surface area contributed by atoms with E-state index in [9.17, 15) is 0 Å². The zero-order chi connectivity index (χ0) is 14.2. The summed E-state index contributed by atoms with van der Waals surface area (Å²) in [5, 5.41) is 7.51. The van der Waals surface area contributed by atoms with E-state index in [4.69, 9.17) is 4.52 Å². The Morgan fingerprint density at radius 2 is 2.05 bits per heavy atom. The van der Waals surface area contributed by atoms with E-state index in [1.165, 1.54) is 5.56 Å². The fourth-order valence-corrected chi connectivity index (χ4v) is 2.97. The predicted octanol–water partition coefficient (Wildman–Crippen LogP) is 4.21. The second-order valence-electron chi connectivity index (χ2n) is 5.02. The van der Waals surface area contributed by atoms with Gasteiger partial charge in [0.15, 0.2) is 0 Å². The minimum Gasteiger partial charge on any atom is -0.373 e. The fraction of sp³-hybridized carbons (Fsp3) is 0.125. The lowest BCUT2D eigenvalue weighted by Crippen LogP contribution is -2.05. The molecular formula is C16H12BrN3O. The highest BCUT2D eigenvalue weighted by Crippen LogP contribution is 2.33. The monoisotopic (exact) mass is 341 g/mol. The molecule has 1 aliphatic heterocycles. The number of rotatable bonds is 2. The summed E-state index contributed by atoms with van der Waals surface area (Å²) in [7, 11) is 0. The molecule has 4 nitrogen and oxygen atoms in total. The number of benzene rings is 2. The molecule has 0 saturated carbocycles. The molecule has 0 bridgehead atoms. The Morgan fingerprint density at radius 1 is 1.14 bits per heavy atom. The molecule has 0 saturated heterocycles. The summed E-state index contributed by atoms with van der Waals surface area (Å²) in [6, 6.07) is 16.2. The minimum absolute atomic E-state index is 0.0517. The maximum Gasteiger partial charge on any atom is 0.249 e. The number of para-hydroxylation sites is 1. The summed E-state index contributed by atoms with van der Waals surface area (Å²) in [6.07, 6.45) is 0.871. The van der Waals surface area contributed by atoms with E-state index in [1.54, 1.807) is 0 Å². The molecule has 1 N–H and O–H groups in total. The van der Waals surface area contributed by atoms with Crippen LogP contribution in [0.25, 0.3) is 11.4 Å². The Balaban J connectivity index is 1.62. The summed E-state index contributed by atoms with van der Waals surface area (Å²) >= 11 is 3.45. The molecule has 0 fully saturated rings. The quantitative estimate of drug-likeness (QED) is 0.758. The third-order valence-electron chi connectivity index (χ3n) is 3.59. The number of aromatic nitrogens is 2. The number of halogens is 1. The maximum absolute atomic E-state index is 5.44. The van der Waals surface area contributed by atoms with Gasteiger partial charge in [0.2, 0.25) is 11.7 Å². The summed E-state index contributed by atoms with van der Waals surface area (Å²) in [6.45, 7) is 0. The third kappa shape index (κ3) is 2.34. The third-order valence-corrected chi connectivity index (χ3v) is 4.09. The molecule has 2 heterocycles. The second-order valence-corrected chi connectivity index (χ2v) is 5.94. The molecule has 3 aromatic rings. The lowest BCUT2D eigenvalue weighted by Gasteiger charge is -2.04. The molecular weight excluding hydrogens is 330 g/mol. The zero-order valence-electron chi connectivity index (χ0n) is 11.1. The number of hydrogen-bond acceptors (Lipinski definition) is 4. The minimum atomic E-state index is 0.0517. The molecule has 0 aliphatic carbocycles. The predicted molar refractivity (Wildman–Crippen MR) is 83.9 cm³/mol. The standard InChI is InChI=1S/C16H12BrN3O/c17-12-6-3-5-11(8-12)15-19-16(21-20-15)14-9-10-4-1-2-7-13(10)18-14/h1-8,14,18H,9H2/t14-/m0/s1. The van der Waals surface area contributed by atoms with Gasteiger partial charge in [-0.25, -0.2) is 0 Å². The van der Waals surface area contributed by atoms with Crippen LogP contribution in [0.2, 0.25) is 0 Å². The Kier molecular flexibility index (Phi) is 3.00. The molecule has 1 aromatic heterocycles. The van der Waals surface area contributed by atoms with Crippen molar-refractivity contribution in [2.75, 3.05) is 5.32 Å². The first-order chi connectivity index (χ1) is 10.3. The van der Waals surface area contributed by atoms with Gasteiger partial charge in [-0.1, -0.05) is 51.4 Å². The van der Waals surface area contributed by atoms with E-state index in [0.717, 1.165) is 22.1 Å². The van der Waals surface area contributed by atoms with Gasteiger partial charge in [-0.2, -0.15) is 4.98 Å². The summed E-state index contributed by atoms with van der Waals surface area (Å²) in [4.78, 5) is 4.53. The van der Waals surface area contributed by atoms with Crippen molar-refractivity contribution in [3.63, 3.8) is 0 Å². The van der Waals surface area contributed by atoms with E-state index in [0.29, 0.717) is 11.7 Å². The smallest absolute Gasteiger partial charge is 0.249 e. The molecule has 0 amide bonds. The topological polar surface area (TPSA) is 51.0 Å². The van der Waals surface area contributed by atoms with Crippen molar-refractivity contribution in [1.82, 2.24) is 10.1 Å². The van der Waals surface area contributed by atoms with Crippen LogP contribution >= 0.6 is 15.9 Å². The van der Waals surface area contributed by atoms with Crippen LogP contribution < -0.4 is 5.32 Å². The van der Waals surface area contributed by atoms with Crippen LogP contribution in [0.4, 0.5) is 5.69 Å². The van der Waals surface area contributed by atoms with Gasteiger partial charge >= 0.3 is 0 Å². The average Bonchev–Trinajstić information content (AvgIpc) is 3.14. The molecule has 1 aliphatic rings. The lowest BCUT2D eigenvalue weighted by atomic mass is 10.1. The van der Waals surface area contributed by atoms with Crippen molar-refractivity contribution in [2.24, 2.45) is 0 Å². The Labute approximate surface area is 130 Å². The van der Waals surface area contributed by atoms with E-state index < -0.39 is 0 Å². The van der Waals surface area contributed by atoms with E-state index in [1.807, 2.05) is 36.4 Å². The Hall–Kier alpha value is -2.14. The summed E-state index contributed by atoms with van der Waals surface area (Å²) in [5.74, 6) is 1.24. The fourth-order valence-electron chi connectivity index (χ4n) is 2.57. The van der Waals surface area contributed by atoms with Crippen LogP contribution in [-0.2, 0) is 6.42 Å². The van der Waals surface area contributed by atoms with Gasteiger partial charge in [-0.15, -0.1) is 0 Å². The molecule has 0 spiro atoms. The van der Waals surface area contributed by atoms with Gasteiger partial charge in [0.25, 0.3) is 0 Å². The number of nitrogens with zero attached hydrogens (tertiary/aromatic N) is 2. The van der Waals surface area contributed by atoms with Crippen molar-refractivity contribution < 1.29 is 4.52 Å². The molecule has 0 unspecified atom stereocenters. The Bertz CT molecular complexity index is 774. The van der Waals surface area contributed by atoms with E-state index >= 15 is 0 Å². The summed E-state index contributed by atoms with van der Waals surface area (Å²) in [5.41, 5.74) is 3.37. The first kappa shape index (κ1) is 12.6. The maximum atomic E-state index is 5.44. The summed E-state index contributed by atoms with van der Waals surface area (Å²) < 4.78 is 6.43. The van der Waals surface area contributed by atoms with Gasteiger partial charge in [-0.3, -0.25) is 0 Å². The largest absolute Gasteiger partial charge is 0.373 e. The second kappa shape index (κ2) is 5.00. The van der Waals surface area contributed by atoms with E-state index in [2.05, 4.69) is 43.5 Å². The highest BCUT2D eigenvalue weighted by Gasteiger charge is 2.26. The zero-order valence-corrected chi connectivity index (χ0v) is 12.7. The average molecular weight is 342 g/mol. The van der Waals surface area contributed by atoms with Crippen LogP contribution in [-0.4, -0.2) is 10.1 Å². The van der Waals surface area contributed by atoms with Crippen molar-refractivity contribution >= 4 is 21.6 Å². The lowest BCUT2D eigenvalue weighted by molar-refractivity contribution is 0.364. The molecule has 4 rings (SSSR count). The molecule has 2 aromatic carbocycles. The number of nitrogens with one attached hydrogen (secondary N) is 1. The number of fused-ring (bicyclic) bond motifs is 1. The van der Waals surface area contributed by atoms with Crippen molar-refractivity contribution in [3.8, 4) is 11.4 Å². The van der Waals surface area contributed by atoms with Crippen LogP contribution in [0.3, 0.4) is 0 Å². The normalized spacial score (nSPS) is 16.5. The molecule has 1 atom stereocenters. The highest BCUT2D eigenvalue weighted by atomic mass is 79.9. The first-order valence-corrected chi connectivity index (χ1v) is 7.53. The first-order valence-electron chi connectivity index (χ1n) is 6.73. The van der Waals surface area contributed by atoms with Crippen LogP contribution in [0.1, 0.15) is 17.5 Å². The SMILES string of the molecule is Brc1cccc(-c2noc([C@@H]3Cc4ccccc4N3)n2)c1. The van der Waals surface area contributed by atoms with Crippen LogP contribution in [0, 0.1) is 0 Å². The van der Waals surface area contributed by atoms with E-state index in [-0.39, 0.29) is 6.04 Å². The van der Waals surface area contributed by atoms with Gasteiger partial charge in [0.1, 0.15) is 6.04 Å². The van der Waals surface area contributed by atoms with Gasteiger partial charge in [0, 0.05) is 22.1 Å². The van der Waals surface area contributed by atoms with Gasteiger partial charge in [0.05, 0.1) is 0 Å².